The lowest BCUT2D eigenvalue weighted by Gasteiger charge is -2.18. The van der Waals surface area contributed by atoms with E-state index in [1.165, 1.54) is 6.42 Å². The van der Waals surface area contributed by atoms with Gasteiger partial charge in [0, 0.05) is 24.8 Å². The zero-order valence-electron chi connectivity index (χ0n) is 13.1. The summed E-state index contributed by atoms with van der Waals surface area (Å²) >= 11 is 0. The van der Waals surface area contributed by atoms with Gasteiger partial charge in [-0.3, -0.25) is 0 Å². The zero-order chi connectivity index (χ0) is 14.8. The number of rotatable bonds is 10. The molecule has 0 spiro atoms. The molecule has 0 saturated carbocycles. The van der Waals surface area contributed by atoms with E-state index in [0.29, 0.717) is 0 Å². The summed E-state index contributed by atoms with van der Waals surface area (Å²) in [4.78, 5) is 0. The third kappa shape index (κ3) is 5.39. The van der Waals surface area contributed by atoms with E-state index in [4.69, 9.17) is 14.2 Å². The van der Waals surface area contributed by atoms with Gasteiger partial charge in [-0.05, 0) is 31.5 Å². The Balaban J connectivity index is 2.47. The third-order valence-electron chi connectivity index (χ3n) is 3.24. The van der Waals surface area contributed by atoms with Crippen LogP contribution in [-0.4, -0.2) is 34.0 Å². The largest absolute Gasteiger partial charge is 0.497 e. The van der Waals surface area contributed by atoms with Crippen LogP contribution in [0.3, 0.4) is 0 Å². The van der Waals surface area contributed by atoms with Gasteiger partial charge in [0.05, 0.1) is 20.8 Å². The zero-order valence-corrected chi connectivity index (χ0v) is 13.1. The molecule has 4 heteroatoms. The van der Waals surface area contributed by atoms with Gasteiger partial charge in [-0.2, -0.15) is 0 Å². The van der Waals surface area contributed by atoms with E-state index in [1.54, 1.807) is 14.2 Å². The number of unbranched alkanes of at least 4 members (excludes halogenated alkanes) is 1. The van der Waals surface area contributed by atoms with Crippen molar-refractivity contribution in [2.24, 2.45) is 0 Å². The summed E-state index contributed by atoms with van der Waals surface area (Å²) in [6, 6.07) is 6.04. The molecule has 1 rings (SSSR count). The van der Waals surface area contributed by atoms with Crippen LogP contribution in [0.1, 0.15) is 38.3 Å². The van der Waals surface area contributed by atoms with E-state index < -0.39 is 0 Å². The lowest BCUT2D eigenvalue weighted by molar-refractivity contribution is 0.131. The van der Waals surface area contributed by atoms with Crippen LogP contribution in [0.15, 0.2) is 18.2 Å². The van der Waals surface area contributed by atoms with Gasteiger partial charge in [-0.15, -0.1) is 0 Å². The average Bonchev–Trinajstić information content (AvgIpc) is 2.49. The minimum atomic E-state index is 0.190. The SMILES string of the molecule is CCCCOCCNC(C)c1cc(OC)ccc1OC. The lowest BCUT2D eigenvalue weighted by atomic mass is 10.1. The molecule has 0 radical (unpaired) electrons. The molecule has 0 fully saturated rings. The standard InChI is InChI=1S/C16H27NO3/c1-5-6-10-20-11-9-17-13(2)15-12-14(18-3)7-8-16(15)19-4/h7-8,12-13,17H,5-6,9-11H2,1-4H3. The van der Waals surface area contributed by atoms with Gasteiger partial charge in [-0.25, -0.2) is 0 Å². The molecule has 114 valence electrons. The van der Waals surface area contributed by atoms with Crippen molar-refractivity contribution in [3.8, 4) is 11.5 Å². The van der Waals surface area contributed by atoms with Crippen molar-refractivity contribution in [1.29, 1.82) is 0 Å². The Hall–Kier alpha value is -1.26. The molecule has 1 atom stereocenters. The molecule has 0 aliphatic rings. The summed E-state index contributed by atoms with van der Waals surface area (Å²) in [5.41, 5.74) is 1.10. The Labute approximate surface area is 122 Å². The van der Waals surface area contributed by atoms with Crippen molar-refractivity contribution < 1.29 is 14.2 Å². The Morgan fingerprint density at radius 2 is 1.95 bits per heavy atom. The number of ether oxygens (including phenoxy) is 3. The summed E-state index contributed by atoms with van der Waals surface area (Å²) in [6.45, 7) is 6.68. The smallest absolute Gasteiger partial charge is 0.123 e. The van der Waals surface area contributed by atoms with Crippen LogP contribution >= 0.6 is 0 Å². The summed E-state index contributed by atoms with van der Waals surface area (Å²) in [7, 11) is 3.36. The molecule has 0 saturated heterocycles. The molecule has 0 amide bonds. The lowest BCUT2D eigenvalue weighted by Crippen LogP contribution is -2.23. The van der Waals surface area contributed by atoms with Crippen LogP contribution in [0, 0.1) is 0 Å². The number of hydrogen-bond acceptors (Lipinski definition) is 4. The Morgan fingerprint density at radius 3 is 2.60 bits per heavy atom. The predicted octanol–water partition coefficient (Wildman–Crippen LogP) is 3.17. The molecular formula is C16H27NO3. The summed E-state index contributed by atoms with van der Waals surface area (Å²) < 4.78 is 16.2. The van der Waals surface area contributed by atoms with Crippen LogP contribution in [0.2, 0.25) is 0 Å². The van der Waals surface area contributed by atoms with E-state index in [1.807, 2.05) is 18.2 Å². The van der Waals surface area contributed by atoms with E-state index in [9.17, 15) is 0 Å². The second-order valence-corrected chi connectivity index (χ2v) is 4.75. The molecule has 1 N–H and O–H groups in total. The highest BCUT2D eigenvalue weighted by atomic mass is 16.5. The van der Waals surface area contributed by atoms with Crippen molar-refractivity contribution in [3.05, 3.63) is 23.8 Å². The van der Waals surface area contributed by atoms with Crippen molar-refractivity contribution in [3.63, 3.8) is 0 Å². The Kier molecular flexibility index (Phi) is 8.07. The van der Waals surface area contributed by atoms with Crippen LogP contribution in [0.25, 0.3) is 0 Å². The minimum absolute atomic E-state index is 0.190. The fourth-order valence-corrected chi connectivity index (χ4v) is 1.98. The van der Waals surface area contributed by atoms with Crippen molar-refractivity contribution in [1.82, 2.24) is 5.32 Å². The van der Waals surface area contributed by atoms with E-state index >= 15 is 0 Å². The first-order valence-corrected chi connectivity index (χ1v) is 7.26. The number of hydrogen-bond donors (Lipinski definition) is 1. The molecule has 0 aromatic heterocycles. The van der Waals surface area contributed by atoms with Gasteiger partial charge in [0.25, 0.3) is 0 Å². The highest BCUT2D eigenvalue weighted by molar-refractivity contribution is 5.42. The third-order valence-corrected chi connectivity index (χ3v) is 3.24. The van der Waals surface area contributed by atoms with Crippen LogP contribution in [-0.2, 0) is 4.74 Å². The molecule has 1 aromatic rings. The molecule has 0 heterocycles. The highest BCUT2D eigenvalue weighted by Crippen LogP contribution is 2.28. The van der Waals surface area contributed by atoms with E-state index in [2.05, 4.69) is 19.2 Å². The molecule has 0 aliphatic heterocycles. The number of methoxy groups -OCH3 is 2. The predicted molar refractivity (Wildman–Crippen MR) is 81.7 cm³/mol. The van der Waals surface area contributed by atoms with Crippen LogP contribution < -0.4 is 14.8 Å². The molecule has 4 nitrogen and oxygen atoms in total. The van der Waals surface area contributed by atoms with Gasteiger partial charge in [0.1, 0.15) is 11.5 Å². The van der Waals surface area contributed by atoms with Gasteiger partial charge < -0.3 is 19.5 Å². The summed E-state index contributed by atoms with van der Waals surface area (Å²) in [5, 5.41) is 3.44. The second-order valence-electron chi connectivity index (χ2n) is 4.75. The van der Waals surface area contributed by atoms with E-state index in [0.717, 1.165) is 43.2 Å². The monoisotopic (exact) mass is 281 g/mol. The van der Waals surface area contributed by atoms with Crippen molar-refractivity contribution >= 4 is 0 Å². The topological polar surface area (TPSA) is 39.7 Å². The molecule has 20 heavy (non-hydrogen) atoms. The second kappa shape index (κ2) is 9.61. The van der Waals surface area contributed by atoms with Crippen molar-refractivity contribution in [2.75, 3.05) is 34.0 Å². The molecule has 0 bridgehead atoms. The van der Waals surface area contributed by atoms with Gasteiger partial charge >= 0.3 is 0 Å². The molecular weight excluding hydrogens is 254 g/mol. The first-order valence-electron chi connectivity index (χ1n) is 7.26. The fraction of sp³-hybridized carbons (Fsp3) is 0.625. The van der Waals surface area contributed by atoms with Gasteiger partial charge in [0.2, 0.25) is 0 Å². The van der Waals surface area contributed by atoms with Gasteiger partial charge in [0.15, 0.2) is 0 Å². The van der Waals surface area contributed by atoms with Crippen molar-refractivity contribution in [2.45, 2.75) is 32.7 Å². The van der Waals surface area contributed by atoms with Crippen LogP contribution in [0.5, 0.6) is 11.5 Å². The maximum absolute atomic E-state index is 5.54. The first kappa shape index (κ1) is 16.8. The molecule has 1 aromatic carbocycles. The van der Waals surface area contributed by atoms with Crippen LogP contribution in [0.4, 0.5) is 0 Å². The number of benzene rings is 1. The minimum Gasteiger partial charge on any atom is -0.497 e. The highest BCUT2D eigenvalue weighted by Gasteiger charge is 2.12. The fourth-order valence-electron chi connectivity index (χ4n) is 1.98. The maximum Gasteiger partial charge on any atom is 0.123 e. The van der Waals surface area contributed by atoms with E-state index in [-0.39, 0.29) is 6.04 Å². The quantitative estimate of drug-likeness (QED) is 0.669. The molecule has 1 unspecified atom stereocenters. The average molecular weight is 281 g/mol. The summed E-state index contributed by atoms with van der Waals surface area (Å²) in [6.07, 6.45) is 2.30. The maximum atomic E-state index is 5.54. The Morgan fingerprint density at radius 1 is 1.15 bits per heavy atom. The first-order chi connectivity index (χ1) is 9.72. The normalized spacial score (nSPS) is 12.2. The number of nitrogens with one attached hydrogen (secondary N) is 1. The summed E-state index contributed by atoms with van der Waals surface area (Å²) in [5.74, 6) is 1.71. The Bertz CT molecular complexity index is 382. The molecule has 0 aliphatic carbocycles. The van der Waals surface area contributed by atoms with Gasteiger partial charge in [-0.1, -0.05) is 13.3 Å².